The van der Waals surface area contributed by atoms with Gasteiger partial charge < -0.3 is 15.5 Å². The fraction of sp³-hybridized carbons (Fsp3) is 0.286. The number of carbonyl (C=O) groups excluding carboxylic acids is 3. The van der Waals surface area contributed by atoms with Crippen molar-refractivity contribution in [2.45, 2.75) is 26.7 Å². The second kappa shape index (κ2) is 8.44. The summed E-state index contributed by atoms with van der Waals surface area (Å²) < 4.78 is 0. The highest BCUT2D eigenvalue weighted by Crippen LogP contribution is 2.29. The van der Waals surface area contributed by atoms with Crippen LogP contribution < -0.4 is 15.5 Å². The summed E-state index contributed by atoms with van der Waals surface area (Å²) in [6.45, 7) is 3.80. The molecular formula is C21H22ClN3O3. The van der Waals surface area contributed by atoms with E-state index in [1.165, 1.54) is 6.92 Å². The van der Waals surface area contributed by atoms with Crippen molar-refractivity contribution < 1.29 is 14.4 Å². The molecule has 3 rings (SSSR count). The number of amides is 3. The van der Waals surface area contributed by atoms with E-state index in [9.17, 15) is 14.4 Å². The zero-order valence-corrected chi connectivity index (χ0v) is 16.5. The van der Waals surface area contributed by atoms with Gasteiger partial charge in [0.05, 0.1) is 16.6 Å². The zero-order valence-electron chi connectivity index (χ0n) is 15.8. The van der Waals surface area contributed by atoms with E-state index in [2.05, 4.69) is 17.6 Å². The van der Waals surface area contributed by atoms with Crippen molar-refractivity contribution in [3.8, 4) is 0 Å². The van der Waals surface area contributed by atoms with Crippen LogP contribution >= 0.6 is 11.6 Å². The lowest BCUT2D eigenvalue weighted by molar-refractivity contribution is -0.122. The van der Waals surface area contributed by atoms with Gasteiger partial charge >= 0.3 is 0 Å². The summed E-state index contributed by atoms with van der Waals surface area (Å²) in [6, 6.07) is 12.7. The second-order valence-corrected chi connectivity index (χ2v) is 7.20. The summed E-state index contributed by atoms with van der Waals surface area (Å²) in [6.07, 6.45) is 1.05. The minimum Gasteiger partial charge on any atom is -0.326 e. The molecule has 0 aromatic heterocycles. The van der Waals surface area contributed by atoms with Gasteiger partial charge in [0.15, 0.2) is 0 Å². The van der Waals surface area contributed by atoms with E-state index in [-0.39, 0.29) is 24.1 Å². The van der Waals surface area contributed by atoms with Crippen LogP contribution in [0.5, 0.6) is 0 Å². The number of hydrogen-bond acceptors (Lipinski definition) is 3. The summed E-state index contributed by atoms with van der Waals surface area (Å²) in [7, 11) is 0. The minimum atomic E-state index is -0.438. The van der Waals surface area contributed by atoms with Crippen molar-refractivity contribution in [3.63, 3.8) is 0 Å². The Morgan fingerprint density at radius 3 is 2.64 bits per heavy atom. The molecule has 2 aromatic carbocycles. The van der Waals surface area contributed by atoms with Crippen LogP contribution in [0.15, 0.2) is 42.5 Å². The maximum Gasteiger partial charge on any atom is 0.229 e. The third-order valence-corrected chi connectivity index (χ3v) is 4.99. The molecule has 28 heavy (non-hydrogen) atoms. The molecule has 0 spiro atoms. The van der Waals surface area contributed by atoms with E-state index in [0.717, 1.165) is 17.7 Å². The average molecular weight is 400 g/mol. The van der Waals surface area contributed by atoms with Crippen LogP contribution in [-0.2, 0) is 20.8 Å². The van der Waals surface area contributed by atoms with Crippen molar-refractivity contribution in [3.05, 3.63) is 53.1 Å². The lowest BCUT2D eigenvalue weighted by Gasteiger charge is -2.17. The number of halogens is 1. The van der Waals surface area contributed by atoms with Crippen molar-refractivity contribution >= 4 is 46.4 Å². The highest BCUT2D eigenvalue weighted by atomic mass is 35.5. The van der Waals surface area contributed by atoms with Crippen molar-refractivity contribution in [1.82, 2.24) is 0 Å². The Labute approximate surface area is 168 Å². The molecule has 0 aliphatic carbocycles. The molecule has 1 atom stereocenters. The van der Waals surface area contributed by atoms with Crippen LogP contribution in [0.2, 0.25) is 5.02 Å². The lowest BCUT2D eigenvalue weighted by atomic mass is 10.1. The normalized spacial score (nSPS) is 16.2. The third kappa shape index (κ3) is 4.51. The van der Waals surface area contributed by atoms with Gasteiger partial charge in [-0.25, -0.2) is 0 Å². The minimum absolute atomic E-state index is 0.0626. The van der Waals surface area contributed by atoms with Gasteiger partial charge in [-0.1, -0.05) is 30.7 Å². The van der Waals surface area contributed by atoms with E-state index in [0.29, 0.717) is 22.9 Å². The molecule has 2 N–H and O–H groups in total. The van der Waals surface area contributed by atoms with Crippen molar-refractivity contribution in [2.75, 3.05) is 22.1 Å². The first-order valence-corrected chi connectivity index (χ1v) is 9.52. The fourth-order valence-corrected chi connectivity index (χ4v) is 3.43. The van der Waals surface area contributed by atoms with Gasteiger partial charge in [-0.3, -0.25) is 14.4 Å². The maximum absolute atomic E-state index is 12.6. The number of rotatable bonds is 5. The van der Waals surface area contributed by atoms with Gasteiger partial charge in [0, 0.05) is 31.3 Å². The number of anilines is 3. The molecule has 1 fully saturated rings. The molecule has 0 saturated carbocycles. The highest BCUT2D eigenvalue weighted by Gasteiger charge is 2.35. The summed E-state index contributed by atoms with van der Waals surface area (Å²) in [5.41, 5.74) is 2.96. The molecule has 3 amide bonds. The monoisotopic (exact) mass is 399 g/mol. The van der Waals surface area contributed by atoms with Gasteiger partial charge in [0.1, 0.15) is 0 Å². The molecule has 1 aliphatic heterocycles. The molecule has 2 aromatic rings. The molecule has 1 aliphatic rings. The molecule has 1 saturated heterocycles. The van der Waals surface area contributed by atoms with Crippen LogP contribution in [0.4, 0.5) is 17.1 Å². The Morgan fingerprint density at radius 2 is 1.96 bits per heavy atom. The van der Waals surface area contributed by atoms with Gasteiger partial charge in [-0.15, -0.1) is 0 Å². The van der Waals surface area contributed by atoms with Gasteiger partial charge in [0.25, 0.3) is 0 Å². The van der Waals surface area contributed by atoms with Crippen LogP contribution in [0, 0.1) is 5.92 Å². The molecule has 7 heteroatoms. The Kier molecular flexibility index (Phi) is 5.99. The molecule has 0 unspecified atom stereocenters. The number of aryl methyl sites for hydroxylation is 1. The maximum atomic E-state index is 12.6. The smallest absolute Gasteiger partial charge is 0.229 e. The quantitative estimate of drug-likeness (QED) is 0.801. The molecule has 0 bridgehead atoms. The van der Waals surface area contributed by atoms with Crippen LogP contribution in [0.3, 0.4) is 0 Å². The van der Waals surface area contributed by atoms with Crippen LogP contribution in [0.25, 0.3) is 0 Å². The number of nitrogens with zero attached hydrogens (tertiary/aromatic N) is 1. The van der Waals surface area contributed by atoms with Crippen LogP contribution in [-0.4, -0.2) is 24.3 Å². The summed E-state index contributed by atoms with van der Waals surface area (Å²) >= 11 is 6.14. The van der Waals surface area contributed by atoms with Crippen molar-refractivity contribution in [2.24, 2.45) is 5.92 Å². The predicted octanol–water partition coefficient (Wildman–Crippen LogP) is 3.85. The third-order valence-electron chi connectivity index (χ3n) is 4.67. The van der Waals surface area contributed by atoms with E-state index < -0.39 is 5.92 Å². The summed E-state index contributed by atoms with van der Waals surface area (Å²) in [5.74, 6) is -0.958. The number of nitrogens with one attached hydrogen (secondary N) is 2. The van der Waals surface area contributed by atoms with Gasteiger partial charge in [-0.05, 0) is 42.3 Å². The predicted molar refractivity (Wildman–Crippen MR) is 111 cm³/mol. The van der Waals surface area contributed by atoms with Gasteiger partial charge in [0.2, 0.25) is 17.7 Å². The first-order chi connectivity index (χ1) is 13.4. The topological polar surface area (TPSA) is 78.5 Å². The lowest BCUT2D eigenvalue weighted by Crippen LogP contribution is -2.28. The standard InChI is InChI=1S/C21H22ClN3O3/c1-3-14-5-4-6-17(9-14)25-12-15(10-20(25)27)21(28)24-16-7-8-19(18(22)11-16)23-13(2)26/h4-9,11,15H,3,10,12H2,1-2H3,(H,23,26)(H,24,28)/t15-/m0/s1. The summed E-state index contributed by atoms with van der Waals surface area (Å²) in [4.78, 5) is 37.9. The summed E-state index contributed by atoms with van der Waals surface area (Å²) in [5, 5.41) is 5.75. The highest BCUT2D eigenvalue weighted by molar-refractivity contribution is 6.34. The van der Waals surface area contributed by atoms with Gasteiger partial charge in [-0.2, -0.15) is 0 Å². The average Bonchev–Trinajstić information content (AvgIpc) is 3.05. The second-order valence-electron chi connectivity index (χ2n) is 6.79. The number of hydrogen-bond donors (Lipinski definition) is 2. The van der Waals surface area contributed by atoms with E-state index >= 15 is 0 Å². The van der Waals surface area contributed by atoms with Crippen LogP contribution in [0.1, 0.15) is 25.8 Å². The fourth-order valence-electron chi connectivity index (χ4n) is 3.21. The van der Waals surface area contributed by atoms with E-state index in [1.54, 1.807) is 23.1 Å². The van der Waals surface area contributed by atoms with E-state index in [1.807, 2.05) is 24.3 Å². The zero-order chi connectivity index (χ0) is 20.3. The Morgan fingerprint density at radius 1 is 1.18 bits per heavy atom. The SMILES string of the molecule is CCc1cccc(N2C[C@@H](C(=O)Nc3ccc(NC(C)=O)c(Cl)c3)CC2=O)c1. The molecule has 0 radical (unpaired) electrons. The molecular weight excluding hydrogens is 378 g/mol. The largest absolute Gasteiger partial charge is 0.326 e. The first-order valence-electron chi connectivity index (χ1n) is 9.14. The molecule has 146 valence electrons. The number of benzene rings is 2. The van der Waals surface area contributed by atoms with E-state index in [4.69, 9.17) is 11.6 Å². The first kappa shape index (κ1) is 19.9. The Hall–Kier alpha value is -2.86. The molecule has 6 nitrogen and oxygen atoms in total. The number of carbonyl (C=O) groups is 3. The van der Waals surface area contributed by atoms with Crippen molar-refractivity contribution in [1.29, 1.82) is 0 Å². The Balaban J connectivity index is 1.67. The Bertz CT molecular complexity index is 929. The molecule has 1 heterocycles.